The minimum Gasteiger partial charge on any atom is -0.383 e. The molecule has 4 nitrogen and oxygen atoms in total. The molecule has 0 radical (unpaired) electrons. The van der Waals surface area contributed by atoms with E-state index < -0.39 is 0 Å². The number of aryl methyl sites for hydroxylation is 1. The maximum atomic E-state index is 11.6. The van der Waals surface area contributed by atoms with E-state index in [-0.39, 0.29) is 5.78 Å². The Morgan fingerprint density at radius 3 is 2.79 bits per heavy atom. The third kappa shape index (κ3) is 2.65. The first-order chi connectivity index (χ1) is 6.61. The van der Waals surface area contributed by atoms with Gasteiger partial charge in [0.15, 0.2) is 5.78 Å². The van der Waals surface area contributed by atoms with Crippen LogP contribution >= 0.6 is 0 Å². The van der Waals surface area contributed by atoms with Crippen LogP contribution in [0.4, 0.5) is 0 Å². The maximum absolute atomic E-state index is 11.6. The van der Waals surface area contributed by atoms with Gasteiger partial charge >= 0.3 is 0 Å². The van der Waals surface area contributed by atoms with Crippen LogP contribution in [0, 0.1) is 6.92 Å². The van der Waals surface area contributed by atoms with Gasteiger partial charge in [-0.05, 0) is 6.92 Å². The molecule has 0 atom stereocenters. The molecule has 0 bridgehead atoms. The molecule has 0 fully saturated rings. The van der Waals surface area contributed by atoms with Crippen molar-refractivity contribution in [1.29, 1.82) is 0 Å². The van der Waals surface area contributed by atoms with E-state index >= 15 is 0 Å². The Hall–Kier alpha value is -1.71. The van der Waals surface area contributed by atoms with Gasteiger partial charge in [-0.2, -0.15) is 0 Å². The van der Waals surface area contributed by atoms with Crippen LogP contribution in [0.15, 0.2) is 24.8 Å². The molecule has 0 aliphatic carbocycles. The SMILES string of the molecule is Cc1ncncc1C(=O)C=CN(C)C. The number of allylic oxidation sites excluding steroid dienone is 1. The van der Waals surface area contributed by atoms with Crippen LogP contribution in [0.3, 0.4) is 0 Å². The van der Waals surface area contributed by atoms with Gasteiger partial charge in [0.1, 0.15) is 6.33 Å². The number of rotatable bonds is 3. The summed E-state index contributed by atoms with van der Waals surface area (Å²) in [6.45, 7) is 1.79. The van der Waals surface area contributed by atoms with Crippen LogP contribution in [0.25, 0.3) is 0 Å². The van der Waals surface area contributed by atoms with Gasteiger partial charge in [0.2, 0.25) is 0 Å². The fourth-order valence-corrected chi connectivity index (χ4v) is 0.939. The van der Waals surface area contributed by atoms with Crippen LogP contribution in [-0.2, 0) is 0 Å². The Bertz CT molecular complexity index is 358. The summed E-state index contributed by atoms with van der Waals surface area (Å²) < 4.78 is 0. The van der Waals surface area contributed by atoms with Crippen LogP contribution < -0.4 is 0 Å². The molecule has 0 aliphatic rings. The zero-order valence-corrected chi connectivity index (χ0v) is 8.56. The van der Waals surface area contributed by atoms with E-state index in [0.717, 1.165) is 0 Å². The fraction of sp³-hybridized carbons (Fsp3) is 0.300. The number of aromatic nitrogens is 2. The fourth-order valence-electron chi connectivity index (χ4n) is 0.939. The van der Waals surface area contributed by atoms with Gasteiger partial charge in [-0.1, -0.05) is 0 Å². The van der Waals surface area contributed by atoms with Crippen LogP contribution in [0.1, 0.15) is 16.1 Å². The molecule has 1 heterocycles. The predicted octanol–water partition coefficient (Wildman–Crippen LogP) is 1.04. The second kappa shape index (κ2) is 4.50. The smallest absolute Gasteiger partial charge is 0.190 e. The Morgan fingerprint density at radius 2 is 2.21 bits per heavy atom. The standard InChI is InChI=1S/C10H13N3O/c1-8-9(6-11-7-12-8)10(14)4-5-13(2)3/h4-7H,1-3H3. The normalized spacial score (nSPS) is 10.5. The summed E-state index contributed by atoms with van der Waals surface area (Å²) in [6, 6.07) is 0. The lowest BCUT2D eigenvalue weighted by Gasteiger charge is -2.03. The lowest BCUT2D eigenvalue weighted by atomic mass is 10.1. The number of hydrogen-bond acceptors (Lipinski definition) is 4. The van der Waals surface area contributed by atoms with E-state index in [1.807, 2.05) is 14.1 Å². The summed E-state index contributed by atoms with van der Waals surface area (Å²) in [4.78, 5) is 21.1. The number of nitrogens with zero attached hydrogens (tertiary/aromatic N) is 3. The van der Waals surface area contributed by atoms with Crippen molar-refractivity contribution in [3.8, 4) is 0 Å². The topological polar surface area (TPSA) is 46.1 Å². The third-order valence-electron chi connectivity index (χ3n) is 1.70. The van der Waals surface area contributed by atoms with Crippen molar-refractivity contribution in [2.24, 2.45) is 0 Å². The van der Waals surface area contributed by atoms with E-state index in [0.29, 0.717) is 11.3 Å². The Morgan fingerprint density at radius 1 is 1.50 bits per heavy atom. The average molecular weight is 191 g/mol. The molecule has 1 aromatic heterocycles. The zero-order chi connectivity index (χ0) is 10.6. The van der Waals surface area contributed by atoms with Gasteiger partial charge in [0.25, 0.3) is 0 Å². The number of ketones is 1. The first-order valence-corrected chi connectivity index (χ1v) is 4.27. The molecule has 0 aromatic carbocycles. The highest BCUT2D eigenvalue weighted by atomic mass is 16.1. The summed E-state index contributed by atoms with van der Waals surface area (Å²) in [7, 11) is 3.72. The second-order valence-corrected chi connectivity index (χ2v) is 3.17. The van der Waals surface area contributed by atoms with Crippen molar-refractivity contribution >= 4 is 5.78 Å². The molecule has 0 saturated heterocycles. The van der Waals surface area contributed by atoms with E-state index in [1.54, 1.807) is 18.0 Å². The van der Waals surface area contributed by atoms with E-state index in [1.165, 1.54) is 18.6 Å². The molecule has 0 saturated carbocycles. The van der Waals surface area contributed by atoms with E-state index in [4.69, 9.17) is 0 Å². The lowest BCUT2D eigenvalue weighted by molar-refractivity contribution is 0.104. The minimum atomic E-state index is -0.0724. The molecule has 0 amide bonds. The molecule has 0 N–H and O–H groups in total. The molecule has 14 heavy (non-hydrogen) atoms. The molecule has 0 spiro atoms. The highest BCUT2D eigenvalue weighted by molar-refractivity contribution is 6.04. The van der Waals surface area contributed by atoms with Crippen molar-refractivity contribution in [2.45, 2.75) is 6.92 Å². The third-order valence-corrected chi connectivity index (χ3v) is 1.70. The largest absolute Gasteiger partial charge is 0.383 e. The van der Waals surface area contributed by atoms with Gasteiger partial charge in [0.05, 0.1) is 11.3 Å². The number of carbonyl (C=O) groups excluding carboxylic acids is 1. The molecule has 0 unspecified atom stereocenters. The van der Waals surface area contributed by atoms with Gasteiger partial charge in [0, 0.05) is 32.6 Å². The molecule has 1 aromatic rings. The molecule has 1 rings (SSSR count). The maximum Gasteiger partial charge on any atom is 0.190 e. The predicted molar refractivity (Wildman–Crippen MR) is 53.9 cm³/mol. The number of hydrogen-bond donors (Lipinski definition) is 0. The molecule has 74 valence electrons. The lowest BCUT2D eigenvalue weighted by Crippen LogP contribution is -2.05. The van der Waals surface area contributed by atoms with Crippen LogP contribution in [-0.4, -0.2) is 34.7 Å². The quantitative estimate of drug-likeness (QED) is 0.529. The summed E-state index contributed by atoms with van der Waals surface area (Å²) in [5.41, 5.74) is 1.25. The van der Waals surface area contributed by atoms with E-state index in [2.05, 4.69) is 9.97 Å². The zero-order valence-electron chi connectivity index (χ0n) is 8.56. The molecular formula is C10H13N3O. The summed E-state index contributed by atoms with van der Waals surface area (Å²) in [6.07, 6.45) is 6.17. The van der Waals surface area contributed by atoms with Crippen molar-refractivity contribution in [2.75, 3.05) is 14.1 Å². The summed E-state index contributed by atoms with van der Waals surface area (Å²) in [5, 5.41) is 0. The Balaban J connectivity index is 2.85. The van der Waals surface area contributed by atoms with Crippen LogP contribution in [0.2, 0.25) is 0 Å². The van der Waals surface area contributed by atoms with Crippen LogP contribution in [0.5, 0.6) is 0 Å². The number of carbonyl (C=O) groups is 1. The van der Waals surface area contributed by atoms with Crippen molar-refractivity contribution in [1.82, 2.24) is 14.9 Å². The minimum absolute atomic E-state index is 0.0724. The Kier molecular flexibility index (Phi) is 3.34. The van der Waals surface area contributed by atoms with Crippen molar-refractivity contribution in [3.05, 3.63) is 36.1 Å². The molecule has 4 heteroatoms. The van der Waals surface area contributed by atoms with Crippen molar-refractivity contribution < 1.29 is 4.79 Å². The van der Waals surface area contributed by atoms with Gasteiger partial charge in [-0.15, -0.1) is 0 Å². The Labute approximate surface area is 83.3 Å². The van der Waals surface area contributed by atoms with Gasteiger partial charge in [-0.25, -0.2) is 9.97 Å². The van der Waals surface area contributed by atoms with E-state index in [9.17, 15) is 4.79 Å². The van der Waals surface area contributed by atoms with Gasteiger partial charge < -0.3 is 4.90 Å². The first-order valence-electron chi connectivity index (χ1n) is 4.27. The molecule has 0 aliphatic heterocycles. The highest BCUT2D eigenvalue weighted by Crippen LogP contribution is 2.03. The molecular weight excluding hydrogens is 178 g/mol. The van der Waals surface area contributed by atoms with Gasteiger partial charge in [-0.3, -0.25) is 4.79 Å². The summed E-state index contributed by atoms with van der Waals surface area (Å²) >= 11 is 0. The van der Waals surface area contributed by atoms with Crippen molar-refractivity contribution in [3.63, 3.8) is 0 Å². The first kappa shape index (κ1) is 10.4. The monoisotopic (exact) mass is 191 g/mol. The second-order valence-electron chi connectivity index (χ2n) is 3.17. The highest BCUT2D eigenvalue weighted by Gasteiger charge is 2.05. The average Bonchev–Trinajstić information content (AvgIpc) is 2.15. The summed E-state index contributed by atoms with van der Waals surface area (Å²) in [5.74, 6) is -0.0724.